The van der Waals surface area contributed by atoms with Gasteiger partial charge in [0.1, 0.15) is 0 Å². The minimum absolute atomic E-state index is 1.04. The first-order chi connectivity index (χ1) is 16.3. The summed E-state index contributed by atoms with van der Waals surface area (Å²) in [4.78, 5) is 5.28. The molecular formula is C30H48N2SiSn. The molecule has 0 radical (unpaired) electrons. The summed E-state index contributed by atoms with van der Waals surface area (Å²) < 4.78 is 6.50. The molecule has 4 heteroatoms. The van der Waals surface area contributed by atoms with Crippen molar-refractivity contribution in [2.75, 3.05) is 16.5 Å². The number of nitrogens with zero attached hydrogens (tertiary/aromatic N) is 2. The van der Waals surface area contributed by atoms with Crippen molar-refractivity contribution in [3.05, 3.63) is 47.5 Å². The first kappa shape index (κ1) is 26.1. The van der Waals surface area contributed by atoms with Gasteiger partial charge in [-0.1, -0.05) is 0 Å². The average Bonchev–Trinajstić information content (AvgIpc) is 2.82. The van der Waals surface area contributed by atoms with Crippen LogP contribution in [0.5, 0.6) is 0 Å². The zero-order valence-corrected chi connectivity index (χ0v) is 26.7. The molecule has 2 heterocycles. The fourth-order valence-electron chi connectivity index (χ4n) is 6.23. The van der Waals surface area contributed by atoms with Crippen molar-refractivity contribution in [3.8, 4) is 0 Å². The number of hydrogen-bond donors (Lipinski definition) is 0. The third-order valence-corrected chi connectivity index (χ3v) is 26.1. The summed E-state index contributed by atoms with van der Waals surface area (Å²) in [5.74, 6) is 0. The van der Waals surface area contributed by atoms with E-state index in [4.69, 9.17) is 0 Å². The van der Waals surface area contributed by atoms with E-state index in [-0.39, 0.29) is 0 Å². The Hall–Kier alpha value is -0.944. The van der Waals surface area contributed by atoms with E-state index in [2.05, 4.69) is 86.6 Å². The Kier molecular flexibility index (Phi) is 8.44. The molecule has 0 saturated heterocycles. The molecule has 2 aliphatic rings. The van der Waals surface area contributed by atoms with Crippen molar-refractivity contribution in [1.82, 2.24) is 0 Å². The van der Waals surface area contributed by atoms with Crippen molar-refractivity contribution in [2.24, 2.45) is 0 Å². The Morgan fingerprint density at radius 1 is 0.706 bits per heavy atom. The van der Waals surface area contributed by atoms with Crippen molar-refractivity contribution in [1.29, 1.82) is 0 Å². The van der Waals surface area contributed by atoms with Gasteiger partial charge >= 0.3 is 216 Å². The number of unbranched alkanes of at least 4 members (excludes halogenated alkanes) is 3. The van der Waals surface area contributed by atoms with Crippen LogP contribution in [0.3, 0.4) is 0 Å². The fourth-order valence-corrected chi connectivity index (χ4v) is 23.5. The first-order valence-corrected chi connectivity index (χ1v) is 25.1. The molecule has 0 N–H and O–H groups in total. The van der Waals surface area contributed by atoms with Crippen LogP contribution in [0.4, 0.5) is 11.4 Å². The Morgan fingerprint density at radius 3 is 1.71 bits per heavy atom. The van der Waals surface area contributed by atoms with Gasteiger partial charge in [0.15, 0.2) is 0 Å². The van der Waals surface area contributed by atoms with Crippen LogP contribution in [-0.4, -0.2) is 33.1 Å². The Morgan fingerprint density at radius 2 is 1.21 bits per heavy atom. The SMILES string of the molecule is CCC[CH2][Sn]([CH2]CCC)([CH2]CCC)[c]1ccc2c(c1)CN1CN2Cc2cc([Si](C)(C)C)ccc21. The summed E-state index contributed by atoms with van der Waals surface area (Å²) >= 11 is -2.40. The second kappa shape index (κ2) is 11.0. The normalized spacial score (nSPS) is 15.4. The second-order valence-electron chi connectivity index (χ2n) is 12.1. The molecule has 2 aromatic carbocycles. The molecule has 2 bridgehead atoms. The molecule has 2 nitrogen and oxygen atoms in total. The molecular weight excluding hydrogens is 535 g/mol. The standard InChI is InChI=1S/C18H21N2Si.3C4H9.Sn/c1-21(2,3)16-8-9-18-15(10-16)12-20-13-19(18)11-14-6-4-5-7-17(14)20;3*1-3-4-2;/h5-10H,11-13H2,1-3H3;3*1,3-4H2,2H3;. The Bertz CT molecular complexity index is 958. The molecule has 0 aromatic heterocycles. The summed E-state index contributed by atoms with van der Waals surface area (Å²) in [6.45, 7) is 17.7. The maximum absolute atomic E-state index is 2.72. The van der Waals surface area contributed by atoms with Gasteiger partial charge in [-0.2, -0.15) is 0 Å². The Labute approximate surface area is 215 Å². The monoisotopic (exact) mass is 584 g/mol. The molecule has 186 valence electrons. The zero-order valence-electron chi connectivity index (χ0n) is 22.8. The number of rotatable bonds is 11. The van der Waals surface area contributed by atoms with Crippen LogP contribution < -0.4 is 18.6 Å². The van der Waals surface area contributed by atoms with Gasteiger partial charge in [0.2, 0.25) is 0 Å². The van der Waals surface area contributed by atoms with Crippen molar-refractivity contribution in [2.45, 2.75) is 105 Å². The predicted octanol–water partition coefficient (Wildman–Crippen LogP) is 7.59. The van der Waals surface area contributed by atoms with Crippen LogP contribution >= 0.6 is 0 Å². The zero-order chi connectivity index (χ0) is 24.3. The van der Waals surface area contributed by atoms with Crippen LogP contribution in [0.1, 0.15) is 70.4 Å². The molecule has 34 heavy (non-hydrogen) atoms. The maximum atomic E-state index is 2.72. The van der Waals surface area contributed by atoms with E-state index in [1.165, 1.54) is 55.5 Å². The molecule has 0 spiro atoms. The topological polar surface area (TPSA) is 6.48 Å². The van der Waals surface area contributed by atoms with Crippen molar-refractivity contribution in [3.63, 3.8) is 0 Å². The first-order valence-electron chi connectivity index (χ1n) is 14.1. The van der Waals surface area contributed by atoms with E-state index in [9.17, 15) is 0 Å². The van der Waals surface area contributed by atoms with Gasteiger partial charge in [-0.15, -0.1) is 0 Å². The van der Waals surface area contributed by atoms with Gasteiger partial charge < -0.3 is 0 Å². The van der Waals surface area contributed by atoms with Crippen LogP contribution in [0.25, 0.3) is 0 Å². The van der Waals surface area contributed by atoms with Gasteiger partial charge in [-0.05, 0) is 0 Å². The summed E-state index contributed by atoms with van der Waals surface area (Å²) in [5.41, 5.74) is 6.11. The van der Waals surface area contributed by atoms with Crippen LogP contribution in [-0.2, 0) is 13.1 Å². The molecule has 0 saturated carbocycles. The molecule has 2 aromatic rings. The van der Waals surface area contributed by atoms with E-state index in [0.29, 0.717) is 0 Å². The molecule has 4 rings (SSSR count). The van der Waals surface area contributed by atoms with Gasteiger partial charge in [0.05, 0.1) is 0 Å². The summed E-state index contributed by atoms with van der Waals surface area (Å²) in [6.07, 6.45) is 8.35. The Balaban J connectivity index is 1.67. The van der Waals surface area contributed by atoms with Gasteiger partial charge in [-0.3, -0.25) is 0 Å². The minimum atomic E-state index is -2.40. The van der Waals surface area contributed by atoms with Gasteiger partial charge in [0, 0.05) is 0 Å². The van der Waals surface area contributed by atoms with E-state index >= 15 is 0 Å². The fraction of sp³-hybridized carbons (Fsp3) is 0.600. The number of benzene rings is 2. The second-order valence-corrected chi connectivity index (χ2v) is 30.4. The molecule has 0 amide bonds. The van der Waals surface area contributed by atoms with E-state index in [0.717, 1.165) is 19.8 Å². The van der Waals surface area contributed by atoms with Crippen LogP contribution in [0.2, 0.25) is 33.0 Å². The summed E-state index contributed by atoms with van der Waals surface area (Å²) in [5, 5.41) is 1.59. The molecule has 0 fully saturated rings. The molecule has 0 unspecified atom stereocenters. The molecule has 2 aliphatic heterocycles. The predicted molar refractivity (Wildman–Crippen MR) is 158 cm³/mol. The molecule has 0 atom stereocenters. The number of hydrogen-bond acceptors (Lipinski definition) is 2. The van der Waals surface area contributed by atoms with E-state index in [1.54, 1.807) is 24.1 Å². The van der Waals surface area contributed by atoms with Crippen LogP contribution in [0.15, 0.2) is 36.4 Å². The van der Waals surface area contributed by atoms with Gasteiger partial charge in [-0.25, -0.2) is 0 Å². The molecule has 0 aliphatic carbocycles. The quantitative estimate of drug-likeness (QED) is 0.252. The van der Waals surface area contributed by atoms with Crippen LogP contribution in [0, 0.1) is 0 Å². The third-order valence-electron chi connectivity index (χ3n) is 8.41. The van der Waals surface area contributed by atoms with E-state index in [1.807, 2.05) is 3.58 Å². The summed E-state index contributed by atoms with van der Waals surface area (Å²) in [7, 11) is -1.29. The average molecular weight is 584 g/mol. The van der Waals surface area contributed by atoms with E-state index < -0.39 is 26.5 Å². The number of fused-ring (bicyclic) bond motifs is 6. The van der Waals surface area contributed by atoms with Crippen molar-refractivity contribution < 1.29 is 0 Å². The number of anilines is 2. The summed E-state index contributed by atoms with van der Waals surface area (Å²) in [6, 6.07) is 15.2. The van der Waals surface area contributed by atoms with Crippen molar-refractivity contribution >= 4 is 46.6 Å². The third kappa shape index (κ3) is 5.40. The van der Waals surface area contributed by atoms with Gasteiger partial charge in [0.25, 0.3) is 0 Å².